The highest BCUT2D eigenvalue weighted by Gasteiger charge is 2.14. The first-order valence-electron chi connectivity index (χ1n) is 5.74. The maximum atomic E-state index is 11.3. The Morgan fingerprint density at radius 3 is 3.17 bits per heavy atom. The number of rotatable bonds is 3. The molecule has 0 atom stereocenters. The average molecular weight is 260 g/mol. The van der Waals surface area contributed by atoms with E-state index in [2.05, 4.69) is 26.3 Å². The van der Waals surface area contributed by atoms with Gasteiger partial charge in [-0.1, -0.05) is 4.49 Å². The van der Waals surface area contributed by atoms with Crippen molar-refractivity contribution in [1.82, 2.24) is 9.59 Å². The number of fused-ring (bicyclic) bond motifs is 1. The molecule has 0 fully saturated rings. The summed E-state index contributed by atoms with van der Waals surface area (Å²) in [5, 5.41) is 12.1. The van der Waals surface area contributed by atoms with Gasteiger partial charge in [0.2, 0.25) is 5.91 Å². The van der Waals surface area contributed by atoms with Gasteiger partial charge in [-0.3, -0.25) is 4.79 Å². The van der Waals surface area contributed by atoms with Gasteiger partial charge in [0.05, 0.1) is 12.2 Å². The van der Waals surface area contributed by atoms with Crippen molar-refractivity contribution in [3.8, 4) is 0 Å². The summed E-state index contributed by atoms with van der Waals surface area (Å²) in [6.45, 7) is 0.668. The number of nitrogens with zero attached hydrogens (tertiary/aromatic N) is 2. The van der Waals surface area contributed by atoms with Crippen molar-refractivity contribution in [2.75, 3.05) is 10.6 Å². The van der Waals surface area contributed by atoms with E-state index in [-0.39, 0.29) is 5.91 Å². The van der Waals surface area contributed by atoms with Crippen LogP contribution in [0.25, 0.3) is 0 Å². The molecule has 1 amide bonds. The van der Waals surface area contributed by atoms with E-state index in [1.165, 1.54) is 17.1 Å². The minimum absolute atomic E-state index is 0.0942. The van der Waals surface area contributed by atoms with Crippen LogP contribution in [0.1, 0.15) is 17.7 Å². The molecule has 0 aliphatic carbocycles. The number of benzene rings is 1. The molecule has 0 saturated heterocycles. The SMILES string of the molecule is O=C1CCc2cc(NCc3csnn3)ccc2N1. The van der Waals surface area contributed by atoms with E-state index in [1.54, 1.807) is 0 Å². The summed E-state index contributed by atoms with van der Waals surface area (Å²) in [7, 11) is 0. The highest BCUT2D eigenvalue weighted by atomic mass is 32.1. The third-order valence-corrected chi connectivity index (χ3v) is 3.43. The average Bonchev–Trinajstić information content (AvgIpc) is 2.89. The number of aromatic nitrogens is 2. The summed E-state index contributed by atoms with van der Waals surface area (Å²) in [6, 6.07) is 5.98. The number of aryl methyl sites for hydroxylation is 1. The molecular formula is C12H12N4OS. The van der Waals surface area contributed by atoms with E-state index in [1.807, 2.05) is 17.5 Å². The topological polar surface area (TPSA) is 66.9 Å². The predicted octanol–water partition coefficient (Wildman–Crippen LogP) is 2.03. The summed E-state index contributed by atoms with van der Waals surface area (Å²) in [5.74, 6) is 0.0942. The summed E-state index contributed by atoms with van der Waals surface area (Å²) < 4.78 is 3.82. The Hall–Kier alpha value is -1.95. The quantitative estimate of drug-likeness (QED) is 0.886. The second kappa shape index (κ2) is 4.73. The molecule has 2 aromatic rings. The van der Waals surface area contributed by atoms with E-state index in [0.29, 0.717) is 13.0 Å². The van der Waals surface area contributed by atoms with Crippen molar-refractivity contribution in [1.29, 1.82) is 0 Å². The van der Waals surface area contributed by atoms with Gasteiger partial charge < -0.3 is 10.6 Å². The van der Waals surface area contributed by atoms with Crippen molar-refractivity contribution in [3.63, 3.8) is 0 Å². The van der Waals surface area contributed by atoms with Gasteiger partial charge in [-0.2, -0.15) is 0 Å². The maximum absolute atomic E-state index is 11.3. The Labute approximate surface area is 108 Å². The molecule has 2 heterocycles. The van der Waals surface area contributed by atoms with Crippen molar-refractivity contribution in [2.24, 2.45) is 0 Å². The van der Waals surface area contributed by atoms with Crippen LogP contribution in [0, 0.1) is 0 Å². The molecule has 6 heteroatoms. The highest BCUT2D eigenvalue weighted by Crippen LogP contribution is 2.25. The molecule has 3 rings (SSSR count). The largest absolute Gasteiger partial charge is 0.379 e. The second-order valence-electron chi connectivity index (χ2n) is 4.17. The van der Waals surface area contributed by atoms with Gasteiger partial charge in [-0.05, 0) is 41.7 Å². The molecule has 5 nitrogen and oxygen atoms in total. The van der Waals surface area contributed by atoms with Gasteiger partial charge in [0.15, 0.2) is 0 Å². The number of hydrogen-bond donors (Lipinski definition) is 2. The van der Waals surface area contributed by atoms with E-state index in [0.717, 1.165) is 23.5 Å². The standard InChI is InChI=1S/C12H12N4OS/c17-12-4-1-8-5-9(2-3-11(8)14-12)13-6-10-7-18-16-15-10/h2-3,5,7,13H,1,4,6H2,(H,14,17). The maximum Gasteiger partial charge on any atom is 0.224 e. The van der Waals surface area contributed by atoms with Crippen molar-refractivity contribution < 1.29 is 4.79 Å². The Morgan fingerprint density at radius 1 is 1.39 bits per heavy atom. The van der Waals surface area contributed by atoms with Crippen LogP contribution in [-0.2, 0) is 17.8 Å². The lowest BCUT2D eigenvalue weighted by Crippen LogP contribution is -2.18. The second-order valence-corrected chi connectivity index (χ2v) is 4.78. The number of amides is 1. The zero-order valence-corrected chi connectivity index (χ0v) is 10.5. The Bertz CT molecular complexity index is 567. The monoisotopic (exact) mass is 260 g/mol. The third kappa shape index (κ3) is 2.33. The van der Waals surface area contributed by atoms with Crippen LogP contribution in [-0.4, -0.2) is 15.5 Å². The molecule has 1 aliphatic heterocycles. The number of anilines is 2. The lowest BCUT2D eigenvalue weighted by Gasteiger charge is -2.17. The molecule has 2 N–H and O–H groups in total. The van der Waals surface area contributed by atoms with Crippen LogP contribution in [0.15, 0.2) is 23.6 Å². The minimum Gasteiger partial charge on any atom is -0.379 e. The summed E-state index contributed by atoms with van der Waals surface area (Å²) in [5.41, 5.74) is 4.08. The van der Waals surface area contributed by atoms with Crippen LogP contribution in [0.4, 0.5) is 11.4 Å². The molecule has 1 aliphatic rings. The van der Waals surface area contributed by atoms with Gasteiger partial charge in [-0.25, -0.2) is 0 Å². The van der Waals surface area contributed by atoms with E-state index in [9.17, 15) is 4.79 Å². The van der Waals surface area contributed by atoms with E-state index < -0.39 is 0 Å². The first kappa shape index (κ1) is 11.2. The van der Waals surface area contributed by atoms with E-state index >= 15 is 0 Å². The highest BCUT2D eigenvalue weighted by molar-refractivity contribution is 7.03. The number of carbonyl (C=O) groups excluding carboxylic acids is 1. The minimum atomic E-state index is 0.0942. The van der Waals surface area contributed by atoms with Crippen LogP contribution in [0.2, 0.25) is 0 Å². The Balaban J connectivity index is 1.72. The van der Waals surface area contributed by atoms with Crippen LogP contribution in [0.3, 0.4) is 0 Å². The summed E-state index contributed by atoms with van der Waals surface area (Å²) in [6.07, 6.45) is 1.36. The first-order valence-corrected chi connectivity index (χ1v) is 6.57. The van der Waals surface area contributed by atoms with Gasteiger partial charge in [-0.15, -0.1) is 5.10 Å². The van der Waals surface area contributed by atoms with Gasteiger partial charge >= 0.3 is 0 Å². The fraction of sp³-hybridized carbons (Fsp3) is 0.250. The van der Waals surface area contributed by atoms with E-state index in [4.69, 9.17) is 0 Å². The Kier molecular flexibility index (Phi) is 2.93. The zero-order chi connectivity index (χ0) is 12.4. The molecule has 1 aromatic heterocycles. The molecule has 0 spiro atoms. The molecule has 0 saturated carbocycles. The molecule has 0 bridgehead atoms. The molecule has 1 aromatic carbocycles. The molecule has 0 unspecified atom stereocenters. The lowest BCUT2D eigenvalue weighted by atomic mass is 10.0. The van der Waals surface area contributed by atoms with Crippen molar-refractivity contribution >= 4 is 28.8 Å². The molecular weight excluding hydrogens is 248 g/mol. The van der Waals surface area contributed by atoms with Crippen LogP contribution < -0.4 is 10.6 Å². The van der Waals surface area contributed by atoms with Crippen LogP contribution >= 0.6 is 11.5 Å². The van der Waals surface area contributed by atoms with Crippen molar-refractivity contribution in [3.05, 3.63) is 34.8 Å². The van der Waals surface area contributed by atoms with Gasteiger partial charge in [0.1, 0.15) is 0 Å². The fourth-order valence-electron chi connectivity index (χ4n) is 1.95. The molecule has 18 heavy (non-hydrogen) atoms. The fourth-order valence-corrected chi connectivity index (χ4v) is 2.40. The smallest absolute Gasteiger partial charge is 0.224 e. The first-order chi connectivity index (χ1) is 8.81. The molecule has 0 radical (unpaired) electrons. The molecule has 92 valence electrons. The summed E-state index contributed by atoms with van der Waals surface area (Å²) >= 11 is 1.35. The number of carbonyl (C=O) groups is 1. The summed E-state index contributed by atoms with van der Waals surface area (Å²) in [4.78, 5) is 11.3. The predicted molar refractivity (Wildman–Crippen MR) is 70.6 cm³/mol. The normalized spacial score (nSPS) is 13.9. The lowest BCUT2D eigenvalue weighted by molar-refractivity contribution is -0.116. The number of nitrogens with one attached hydrogen (secondary N) is 2. The van der Waals surface area contributed by atoms with Gasteiger partial charge in [0.25, 0.3) is 0 Å². The Morgan fingerprint density at radius 2 is 2.33 bits per heavy atom. The number of hydrogen-bond acceptors (Lipinski definition) is 5. The van der Waals surface area contributed by atoms with Gasteiger partial charge in [0, 0.05) is 23.2 Å². The van der Waals surface area contributed by atoms with Crippen molar-refractivity contribution in [2.45, 2.75) is 19.4 Å². The zero-order valence-electron chi connectivity index (χ0n) is 9.64. The third-order valence-electron chi connectivity index (χ3n) is 2.88. The van der Waals surface area contributed by atoms with Crippen LogP contribution in [0.5, 0.6) is 0 Å².